The zero-order valence-corrected chi connectivity index (χ0v) is 15.7. The van der Waals surface area contributed by atoms with E-state index in [-0.39, 0.29) is 6.61 Å². The van der Waals surface area contributed by atoms with Crippen LogP contribution in [0.15, 0.2) is 12.1 Å². The Labute approximate surface area is 161 Å². The normalized spacial score (nSPS) is 25.9. The van der Waals surface area contributed by atoms with Crippen LogP contribution in [0.3, 0.4) is 0 Å². The number of benzene rings is 1. The van der Waals surface area contributed by atoms with E-state index in [1.165, 1.54) is 0 Å². The minimum Gasteiger partial charge on any atom is -0.484 e. The second-order valence-electron chi connectivity index (χ2n) is 6.88. The molecule has 0 aliphatic carbocycles. The topological polar surface area (TPSA) is 114 Å². The van der Waals surface area contributed by atoms with Gasteiger partial charge in [0.25, 0.3) is 5.91 Å². The molecular formula is C18H21ClN2O6. The Hall–Kier alpha value is -2.32. The van der Waals surface area contributed by atoms with Gasteiger partial charge in [-0.2, -0.15) is 0 Å². The number of rotatable bonds is 5. The summed E-state index contributed by atoms with van der Waals surface area (Å²) in [6.45, 7) is 3.36. The zero-order chi connectivity index (χ0) is 19.7. The first-order chi connectivity index (χ1) is 12.8. The van der Waals surface area contributed by atoms with E-state index < -0.39 is 41.8 Å². The summed E-state index contributed by atoms with van der Waals surface area (Å²) in [6, 6.07) is 3.43. The van der Waals surface area contributed by atoms with Gasteiger partial charge in [-0.1, -0.05) is 11.6 Å². The molecule has 0 saturated carbocycles. The monoisotopic (exact) mass is 396 g/mol. The molecule has 0 spiro atoms. The van der Waals surface area contributed by atoms with Gasteiger partial charge in [-0.05, 0) is 49.9 Å². The highest BCUT2D eigenvalue weighted by molar-refractivity contribution is 6.32. The maximum Gasteiger partial charge on any atom is 0.310 e. The van der Waals surface area contributed by atoms with Crippen LogP contribution >= 0.6 is 11.6 Å². The Morgan fingerprint density at radius 2 is 1.74 bits per heavy atom. The third-order valence-corrected chi connectivity index (χ3v) is 5.56. The van der Waals surface area contributed by atoms with Crippen LogP contribution in [-0.4, -0.2) is 41.7 Å². The van der Waals surface area contributed by atoms with Gasteiger partial charge in [0, 0.05) is 5.02 Å². The lowest BCUT2D eigenvalue weighted by molar-refractivity contribution is -0.148. The average Bonchev–Trinajstić information content (AvgIpc) is 3.23. The fourth-order valence-corrected chi connectivity index (χ4v) is 3.82. The molecular weight excluding hydrogens is 376 g/mol. The summed E-state index contributed by atoms with van der Waals surface area (Å²) in [5, 5.41) is 9.97. The van der Waals surface area contributed by atoms with Crippen LogP contribution in [0.2, 0.25) is 5.02 Å². The SMILES string of the molecule is Cc1cc(OCC(=O)NNC(=O)[C@H]2[C@@H](C(=O)O)[C@H]3CC[C@@H]2O3)cc(C)c1Cl. The molecule has 2 heterocycles. The number of ether oxygens (including phenoxy) is 2. The van der Waals surface area contributed by atoms with Crippen LogP contribution in [0.4, 0.5) is 0 Å². The second-order valence-corrected chi connectivity index (χ2v) is 7.26. The molecule has 2 saturated heterocycles. The maximum absolute atomic E-state index is 12.3. The molecule has 2 bridgehead atoms. The lowest BCUT2D eigenvalue weighted by Crippen LogP contribution is -2.51. The largest absolute Gasteiger partial charge is 0.484 e. The molecule has 9 heteroatoms. The summed E-state index contributed by atoms with van der Waals surface area (Å²) in [7, 11) is 0. The molecule has 146 valence electrons. The van der Waals surface area contributed by atoms with Crippen LogP contribution in [0.25, 0.3) is 0 Å². The molecule has 2 aliphatic heterocycles. The van der Waals surface area contributed by atoms with E-state index in [1.54, 1.807) is 12.1 Å². The van der Waals surface area contributed by atoms with E-state index in [1.807, 2.05) is 13.8 Å². The van der Waals surface area contributed by atoms with Crippen molar-refractivity contribution in [3.63, 3.8) is 0 Å². The highest BCUT2D eigenvalue weighted by atomic mass is 35.5. The Balaban J connectivity index is 1.50. The number of hydrazine groups is 1. The number of nitrogens with one attached hydrogen (secondary N) is 2. The zero-order valence-electron chi connectivity index (χ0n) is 15.0. The van der Waals surface area contributed by atoms with Gasteiger partial charge in [0.05, 0.1) is 24.0 Å². The van der Waals surface area contributed by atoms with Crippen molar-refractivity contribution in [2.45, 2.75) is 38.9 Å². The molecule has 0 radical (unpaired) electrons. The first-order valence-electron chi connectivity index (χ1n) is 8.64. The predicted octanol–water partition coefficient (Wildman–Crippen LogP) is 1.36. The maximum atomic E-state index is 12.3. The summed E-state index contributed by atoms with van der Waals surface area (Å²) in [6.07, 6.45) is 0.396. The molecule has 2 fully saturated rings. The summed E-state index contributed by atoms with van der Waals surface area (Å²) in [4.78, 5) is 35.7. The smallest absolute Gasteiger partial charge is 0.310 e. The van der Waals surface area contributed by atoms with E-state index >= 15 is 0 Å². The van der Waals surface area contributed by atoms with Crippen LogP contribution < -0.4 is 15.6 Å². The standard InChI is InChI=1S/C18H21ClN2O6/c1-8-5-10(6-9(2)16(8)19)26-7-13(22)20-21-17(23)14-11-3-4-12(27-11)15(14)18(24)25/h5-6,11-12,14-15H,3-4,7H2,1-2H3,(H,20,22)(H,21,23)(H,24,25)/t11-,12+,14+,15-/m0/s1. The highest BCUT2D eigenvalue weighted by Gasteiger charge is 2.55. The summed E-state index contributed by atoms with van der Waals surface area (Å²) >= 11 is 6.09. The number of fused-ring (bicyclic) bond motifs is 2. The van der Waals surface area contributed by atoms with Crippen molar-refractivity contribution in [3.8, 4) is 5.75 Å². The van der Waals surface area contributed by atoms with E-state index in [2.05, 4.69) is 10.9 Å². The molecule has 1 aromatic rings. The highest BCUT2D eigenvalue weighted by Crippen LogP contribution is 2.43. The van der Waals surface area contributed by atoms with E-state index in [0.717, 1.165) is 11.1 Å². The molecule has 3 N–H and O–H groups in total. The van der Waals surface area contributed by atoms with Crippen molar-refractivity contribution in [2.24, 2.45) is 11.8 Å². The summed E-state index contributed by atoms with van der Waals surface area (Å²) < 4.78 is 10.9. The van der Waals surface area contributed by atoms with Crippen LogP contribution in [-0.2, 0) is 19.1 Å². The van der Waals surface area contributed by atoms with Gasteiger partial charge in [-0.25, -0.2) is 0 Å². The molecule has 8 nitrogen and oxygen atoms in total. The fourth-order valence-electron chi connectivity index (χ4n) is 3.71. The Morgan fingerprint density at radius 1 is 1.15 bits per heavy atom. The third kappa shape index (κ3) is 4.01. The van der Waals surface area contributed by atoms with Crippen molar-refractivity contribution >= 4 is 29.4 Å². The minimum atomic E-state index is -1.06. The van der Waals surface area contributed by atoms with Crippen molar-refractivity contribution in [1.82, 2.24) is 10.9 Å². The summed E-state index contributed by atoms with van der Waals surface area (Å²) in [5.74, 6) is -3.42. The Morgan fingerprint density at radius 3 is 2.33 bits per heavy atom. The third-order valence-electron chi connectivity index (χ3n) is 4.97. The van der Waals surface area contributed by atoms with Crippen LogP contribution in [0, 0.1) is 25.7 Å². The van der Waals surface area contributed by atoms with Gasteiger partial charge in [-0.3, -0.25) is 25.2 Å². The Kier molecular flexibility index (Phi) is 5.57. The predicted molar refractivity (Wildman–Crippen MR) is 95.2 cm³/mol. The number of aryl methyl sites for hydroxylation is 2. The van der Waals surface area contributed by atoms with Crippen molar-refractivity contribution in [3.05, 3.63) is 28.3 Å². The van der Waals surface area contributed by atoms with Gasteiger partial charge in [0.2, 0.25) is 5.91 Å². The average molecular weight is 397 g/mol. The lowest BCUT2D eigenvalue weighted by atomic mass is 9.79. The number of hydrogen-bond acceptors (Lipinski definition) is 5. The molecule has 0 unspecified atom stereocenters. The van der Waals surface area contributed by atoms with E-state index in [0.29, 0.717) is 23.6 Å². The molecule has 2 amide bonds. The molecule has 2 aliphatic rings. The van der Waals surface area contributed by atoms with Gasteiger partial charge in [0.1, 0.15) is 5.75 Å². The van der Waals surface area contributed by atoms with Gasteiger partial charge >= 0.3 is 5.97 Å². The number of aliphatic carboxylic acids is 1. The number of hydrogen-bond donors (Lipinski definition) is 3. The number of halogens is 1. The quantitative estimate of drug-likeness (QED) is 0.647. The molecule has 0 aromatic heterocycles. The molecule has 1 aromatic carbocycles. The number of amides is 2. The van der Waals surface area contributed by atoms with Crippen LogP contribution in [0.5, 0.6) is 5.75 Å². The molecule has 4 atom stereocenters. The minimum absolute atomic E-state index is 0.309. The van der Waals surface area contributed by atoms with Gasteiger partial charge < -0.3 is 14.6 Å². The van der Waals surface area contributed by atoms with Gasteiger partial charge in [-0.15, -0.1) is 0 Å². The van der Waals surface area contributed by atoms with E-state index in [9.17, 15) is 19.5 Å². The fraction of sp³-hybridized carbons (Fsp3) is 0.500. The number of carboxylic acids is 1. The van der Waals surface area contributed by atoms with Crippen molar-refractivity contribution in [2.75, 3.05) is 6.61 Å². The van der Waals surface area contributed by atoms with E-state index in [4.69, 9.17) is 21.1 Å². The van der Waals surface area contributed by atoms with Crippen molar-refractivity contribution in [1.29, 1.82) is 0 Å². The van der Waals surface area contributed by atoms with Gasteiger partial charge in [0.15, 0.2) is 6.61 Å². The second kappa shape index (κ2) is 7.74. The lowest BCUT2D eigenvalue weighted by Gasteiger charge is -2.23. The Bertz CT molecular complexity index is 760. The van der Waals surface area contributed by atoms with Crippen molar-refractivity contribution < 1.29 is 29.0 Å². The number of carbonyl (C=O) groups is 3. The van der Waals surface area contributed by atoms with Crippen LogP contribution in [0.1, 0.15) is 24.0 Å². The summed E-state index contributed by atoms with van der Waals surface area (Å²) in [5.41, 5.74) is 6.19. The molecule has 3 rings (SSSR count). The number of carbonyl (C=O) groups excluding carboxylic acids is 2. The first kappa shape index (κ1) is 19.4. The first-order valence-corrected chi connectivity index (χ1v) is 9.02. The number of carboxylic acid groups (broad SMARTS) is 1. The molecule has 27 heavy (non-hydrogen) atoms.